The van der Waals surface area contributed by atoms with Crippen molar-refractivity contribution in [2.75, 3.05) is 0 Å². The van der Waals surface area contributed by atoms with Crippen LogP contribution in [0.3, 0.4) is 0 Å². The number of aryl methyl sites for hydroxylation is 1. The summed E-state index contributed by atoms with van der Waals surface area (Å²) >= 11 is 0. The van der Waals surface area contributed by atoms with Crippen molar-refractivity contribution in [3.63, 3.8) is 0 Å². The quantitative estimate of drug-likeness (QED) is 0.385. The molecule has 0 saturated heterocycles. The van der Waals surface area contributed by atoms with Crippen LogP contribution in [-0.4, -0.2) is 0 Å². The first kappa shape index (κ1) is 19.5. The van der Waals surface area contributed by atoms with Crippen LogP contribution in [0.15, 0.2) is 42.4 Å². The molecular weight excluding hydrogens is 374 g/mol. The maximum absolute atomic E-state index is 8.90. The molecule has 1 heterocycles. The molecule has 1 heteroatoms. The SMILES string of the molecule is [2H]c1c(C)[n+](C)c(-c2cc(C3CCCCC3)ccc2C)c2ccc(CC3CCCC3)cc12. The van der Waals surface area contributed by atoms with Crippen LogP contribution in [0.2, 0.25) is 0 Å². The minimum absolute atomic E-state index is 0.681. The lowest BCUT2D eigenvalue weighted by Crippen LogP contribution is -2.35. The van der Waals surface area contributed by atoms with Crippen LogP contribution in [0.1, 0.15) is 87.5 Å². The minimum Gasteiger partial charge on any atom is -0.198 e. The molecule has 0 amide bonds. The summed E-state index contributed by atoms with van der Waals surface area (Å²) < 4.78 is 11.2. The Morgan fingerprint density at radius 1 is 0.903 bits per heavy atom. The maximum Gasteiger partial charge on any atom is 0.220 e. The van der Waals surface area contributed by atoms with E-state index in [1.165, 1.54) is 97.5 Å². The lowest BCUT2D eigenvalue weighted by atomic mass is 9.82. The van der Waals surface area contributed by atoms with Crippen LogP contribution in [0.4, 0.5) is 0 Å². The zero-order valence-corrected chi connectivity index (χ0v) is 19.6. The largest absolute Gasteiger partial charge is 0.220 e. The number of benzene rings is 2. The second-order valence-corrected chi connectivity index (χ2v) is 10.3. The van der Waals surface area contributed by atoms with E-state index in [4.69, 9.17) is 1.37 Å². The summed E-state index contributed by atoms with van der Waals surface area (Å²) in [6.07, 6.45) is 13.4. The normalized spacial score (nSPS) is 18.6. The molecule has 162 valence electrons. The minimum atomic E-state index is 0.681. The van der Waals surface area contributed by atoms with Crippen molar-refractivity contribution in [1.29, 1.82) is 0 Å². The molecule has 0 atom stereocenters. The van der Waals surface area contributed by atoms with E-state index in [0.717, 1.165) is 17.0 Å². The highest BCUT2D eigenvalue weighted by Gasteiger charge is 2.23. The lowest BCUT2D eigenvalue weighted by molar-refractivity contribution is -0.665. The van der Waals surface area contributed by atoms with E-state index in [9.17, 15) is 0 Å². The highest BCUT2D eigenvalue weighted by molar-refractivity contribution is 5.94. The zero-order chi connectivity index (χ0) is 22.2. The molecule has 0 spiro atoms. The Bertz CT molecular complexity index is 1130. The van der Waals surface area contributed by atoms with Crippen molar-refractivity contribution in [2.24, 2.45) is 13.0 Å². The van der Waals surface area contributed by atoms with Crippen LogP contribution in [-0.2, 0) is 13.5 Å². The number of hydrogen-bond donors (Lipinski definition) is 0. The van der Waals surface area contributed by atoms with E-state index in [-0.39, 0.29) is 0 Å². The second-order valence-electron chi connectivity index (χ2n) is 10.3. The molecule has 2 saturated carbocycles. The van der Waals surface area contributed by atoms with Crippen molar-refractivity contribution < 1.29 is 5.94 Å². The smallest absolute Gasteiger partial charge is 0.198 e. The first-order valence-corrected chi connectivity index (χ1v) is 12.6. The third kappa shape index (κ3) is 4.16. The Morgan fingerprint density at radius 3 is 2.42 bits per heavy atom. The van der Waals surface area contributed by atoms with Gasteiger partial charge in [0.25, 0.3) is 0 Å². The summed E-state index contributed by atoms with van der Waals surface area (Å²) in [6, 6.07) is 14.8. The predicted molar refractivity (Wildman–Crippen MR) is 132 cm³/mol. The van der Waals surface area contributed by atoms with Gasteiger partial charge in [-0.2, -0.15) is 4.57 Å². The zero-order valence-electron chi connectivity index (χ0n) is 20.6. The topological polar surface area (TPSA) is 3.88 Å². The van der Waals surface area contributed by atoms with Gasteiger partial charge in [-0.3, -0.25) is 0 Å². The molecular formula is C30H38N+. The summed E-state index contributed by atoms with van der Waals surface area (Å²) in [6.45, 7) is 4.35. The molecule has 3 aromatic rings. The lowest BCUT2D eigenvalue weighted by Gasteiger charge is -2.23. The third-order valence-electron chi connectivity index (χ3n) is 8.09. The molecule has 31 heavy (non-hydrogen) atoms. The Morgan fingerprint density at radius 2 is 1.65 bits per heavy atom. The molecule has 5 rings (SSSR count). The van der Waals surface area contributed by atoms with E-state index >= 15 is 0 Å². The van der Waals surface area contributed by atoms with Crippen LogP contribution >= 0.6 is 0 Å². The van der Waals surface area contributed by atoms with Gasteiger partial charge in [-0.05, 0) is 72.2 Å². The van der Waals surface area contributed by atoms with Crippen LogP contribution in [0.5, 0.6) is 0 Å². The summed E-state index contributed by atoms with van der Waals surface area (Å²) in [5.74, 6) is 1.53. The van der Waals surface area contributed by atoms with E-state index in [1.807, 2.05) is 0 Å². The molecule has 1 nitrogen and oxygen atoms in total. The van der Waals surface area contributed by atoms with Gasteiger partial charge in [0.2, 0.25) is 5.69 Å². The van der Waals surface area contributed by atoms with Gasteiger partial charge in [0.1, 0.15) is 7.05 Å². The fourth-order valence-electron chi connectivity index (χ4n) is 6.11. The first-order valence-electron chi connectivity index (χ1n) is 13.1. The Labute approximate surface area is 189 Å². The Kier molecular flexibility index (Phi) is 5.52. The molecule has 2 aliphatic rings. The molecule has 0 radical (unpaired) electrons. The number of fused-ring (bicyclic) bond motifs is 1. The summed E-state index contributed by atoms with van der Waals surface area (Å²) in [5.41, 5.74) is 7.90. The van der Waals surface area contributed by atoms with Gasteiger partial charge in [0, 0.05) is 18.5 Å². The van der Waals surface area contributed by atoms with Crippen LogP contribution < -0.4 is 4.57 Å². The molecule has 2 aliphatic carbocycles. The molecule has 2 fully saturated rings. The number of rotatable bonds is 4. The van der Waals surface area contributed by atoms with Gasteiger partial charge >= 0.3 is 0 Å². The number of pyridine rings is 1. The van der Waals surface area contributed by atoms with Crippen molar-refractivity contribution >= 4 is 10.8 Å². The molecule has 0 N–H and O–H groups in total. The highest BCUT2D eigenvalue weighted by atomic mass is 14.9. The first-order chi connectivity index (χ1) is 15.5. The standard InChI is InChI=1S/C30H38N/c1-21-13-15-26(25-11-5-4-6-12-25)20-29(21)30-28-16-14-24(18-23-9-7-8-10-23)19-27(28)17-22(2)31(30)3/h13-17,19-20,23,25H,4-12,18H2,1-3H3/q+1/i17D. The van der Waals surface area contributed by atoms with Gasteiger partial charge in [-0.15, -0.1) is 0 Å². The van der Waals surface area contributed by atoms with Crippen molar-refractivity contribution in [2.45, 2.75) is 84.0 Å². The van der Waals surface area contributed by atoms with Gasteiger partial charge in [0.15, 0.2) is 5.69 Å². The van der Waals surface area contributed by atoms with Gasteiger partial charge in [-0.25, -0.2) is 0 Å². The monoisotopic (exact) mass is 413 g/mol. The number of nitrogens with zero attached hydrogens (tertiary/aromatic N) is 1. The van der Waals surface area contributed by atoms with Crippen LogP contribution in [0, 0.1) is 19.8 Å². The predicted octanol–water partition coefficient (Wildman–Crippen LogP) is 7.73. The fraction of sp³-hybridized carbons (Fsp3) is 0.500. The molecule has 0 bridgehead atoms. The Balaban J connectivity index is 1.63. The van der Waals surface area contributed by atoms with Gasteiger partial charge in [0.05, 0.1) is 6.76 Å². The number of aromatic nitrogens is 1. The summed E-state index contributed by atoms with van der Waals surface area (Å²) in [5, 5.41) is 2.34. The Hall–Kier alpha value is -2.15. The molecule has 1 aromatic heterocycles. The van der Waals surface area contributed by atoms with Crippen molar-refractivity contribution in [3.8, 4) is 11.3 Å². The van der Waals surface area contributed by atoms with Gasteiger partial charge in [-0.1, -0.05) is 69.2 Å². The van der Waals surface area contributed by atoms with E-state index in [1.54, 1.807) is 0 Å². The third-order valence-corrected chi connectivity index (χ3v) is 8.09. The maximum atomic E-state index is 8.90. The van der Waals surface area contributed by atoms with Crippen molar-refractivity contribution in [1.82, 2.24) is 0 Å². The fourth-order valence-corrected chi connectivity index (χ4v) is 6.11. The van der Waals surface area contributed by atoms with E-state index in [2.05, 4.69) is 61.9 Å². The summed E-state index contributed by atoms with van der Waals surface area (Å²) in [4.78, 5) is 0. The molecule has 2 aromatic carbocycles. The van der Waals surface area contributed by atoms with Gasteiger partial charge < -0.3 is 0 Å². The van der Waals surface area contributed by atoms with E-state index in [0.29, 0.717) is 12.0 Å². The average Bonchev–Trinajstić information content (AvgIpc) is 3.33. The second kappa shape index (κ2) is 8.77. The van der Waals surface area contributed by atoms with E-state index < -0.39 is 0 Å². The van der Waals surface area contributed by atoms with Crippen LogP contribution in [0.25, 0.3) is 22.0 Å². The highest BCUT2D eigenvalue weighted by Crippen LogP contribution is 2.37. The van der Waals surface area contributed by atoms with Crippen molar-refractivity contribution in [3.05, 3.63) is 64.8 Å². The molecule has 0 aliphatic heterocycles. The molecule has 0 unspecified atom stereocenters. The average molecular weight is 414 g/mol. The summed E-state index contributed by atoms with van der Waals surface area (Å²) in [7, 11) is 2.14. The number of hydrogen-bond acceptors (Lipinski definition) is 0.